The first-order valence-electron chi connectivity index (χ1n) is 10.1. The summed E-state index contributed by atoms with van der Waals surface area (Å²) in [5.74, 6) is 1.32. The Kier molecular flexibility index (Phi) is 9.11. The van der Waals surface area contributed by atoms with Crippen molar-refractivity contribution >= 4 is 41.9 Å². The third-order valence-corrected chi connectivity index (χ3v) is 5.56. The molecule has 4 rings (SSSR count). The highest BCUT2D eigenvalue weighted by Gasteiger charge is 2.12. The van der Waals surface area contributed by atoms with Crippen molar-refractivity contribution in [3.63, 3.8) is 0 Å². The van der Waals surface area contributed by atoms with E-state index in [0.29, 0.717) is 5.92 Å². The minimum absolute atomic E-state index is 0. The average molecular weight is 437 g/mol. The molecule has 2 aromatic heterocycles. The van der Waals surface area contributed by atoms with Crippen molar-refractivity contribution in [1.29, 1.82) is 0 Å². The molecule has 0 amide bonds. The van der Waals surface area contributed by atoms with Crippen LogP contribution in [0.25, 0.3) is 16.6 Å². The van der Waals surface area contributed by atoms with Crippen molar-refractivity contribution in [2.45, 2.75) is 52.0 Å². The lowest BCUT2D eigenvalue weighted by molar-refractivity contribution is 0.367. The molecule has 1 aliphatic carbocycles. The van der Waals surface area contributed by atoms with Crippen LogP contribution in [0.3, 0.4) is 0 Å². The Hall–Kier alpha value is -1.92. The van der Waals surface area contributed by atoms with Crippen LogP contribution in [0.5, 0.6) is 0 Å². The lowest BCUT2D eigenvalue weighted by atomic mass is 9.89. The molecule has 0 saturated heterocycles. The second kappa shape index (κ2) is 11.3. The first-order chi connectivity index (χ1) is 13.3. The van der Waals surface area contributed by atoms with E-state index < -0.39 is 0 Å². The molecular formula is C21H30Cl2N6. The van der Waals surface area contributed by atoms with Gasteiger partial charge in [0.1, 0.15) is 12.7 Å². The van der Waals surface area contributed by atoms with Gasteiger partial charge in [0.05, 0.1) is 17.4 Å². The minimum Gasteiger partial charge on any atom is -0.297 e. The first kappa shape index (κ1) is 23.4. The maximum Gasteiger partial charge on any atom is 0.123 e. The number of hydrogen-bond donors (Lipinski definition) is 0. The van der Waals surface area contributed by atoms with Crippen LogP contribution < -0.4 is 0 Å². The molecule has 1 fully saturated rings. The van der Waals surface area contributed by atoms with Gasteiger partial charge in [-0.15, -0.1) is 35.0 Å². The standard InChI is InChI=1S/C21H28N6.2ClH/c1-17(9-10-22-12-18-5-3-2-4-6-18)14-27-21-11-20(26-15-23-24-16-26)8-7-19(21)13-25-27;;/h7-8,10-11,13,15-18H,2-6,9,12,14H2,1H3;2*1H. The topological polar surface area (TPSA) is 60.9 Å². The molecule has 8 heteroatoms. The average Bonchev–Trinajstić information content (AvgIpc) is 3.36. The van der Waals surface area contributed by atoms with Gasteiger partial charge in [-0.1, -0.05) is 26.2 Å². The second-order valence-corrected chi connectivity index (χ2v) is 7.83. The van der Waals surface area contributed by atoms with Crippen molar-refractivity contribution in [1.82, 2.24) is 24.5 Å². The van der Waals surface area contributed by atoms with Crippen LogP contribution in [0.1, 0.15) is 45.4 Å². The van der Waals surface area contributed by atoms with E-state index >= 15 is 0 Å². The quantitative estimate of drug-likeness (QED) is 0.481. The molecule has 1 unspecified atom stereocenters. The molecule has 0 radical (unpaired) electrons. The Labute approximate surface area is 184 Å². The summed E-state index contributed by atoms with van der Waals surface area (Å²) >= 11 is 0. The number of benzene rings is 1. The summed E-state index contributed by atoms with van der Waals surface area (Å²) in [5, 5.41) is 13.5. The molecule has 1 atom stereocenters. The highest BCUT2D eigenvalue weighted by Crippen LogP contribution is 2.23. The predicted molar refractivity (Wildman–Crippen MR) is 123 cm³/mol. The van der Waals surface area contributed by atoms with Gasteiger partial charge < -0.3 is 0 Å². The van der Waals surface area contributed by atoms with E-state index in [1.807, 2.05) is 10.8 Å². The van der Waals surface area contributed by atoms with Gasteiger partial charge in [0, 0.05) is 18.5 Å². The Morgan fingerprint density at radius 3 is 2.66 bits per heavy atom. The highest BCUT2D eigenvalue weighted by atomic mass is 35.5. The van der Waals surface area contributed by atoms with Gasteiger partial charge >= 0.3 is 0 Å². The molecule has 1 aromatic carbocycles. The Morgan fingerprint density at radius 1 is 1.14 bits per heavy atom. The van der Waals surface area contributed by atoms with Crippen LogP contribution in [0, 0.1) is 11.8 Å². The van der Waals surface area contributed by atoms with E-state index in [-0.39, 0.29) is 24.8 Å². The van der Waals surface area contributed by atoms with Crippen molar-refractivity contribution in [2.75, 3.05) is 6.54 Å². The van der Waals surface area contributed by atoms with E-state index in [2.05, 4.69) is 51.3 Å². The Bertz CT molecular complexity index is 884. The summed E-state index contributed by atoms with van der Waals surface area (Å²) in [5.41, 5.74) is 2.20. The first-order valence-corrected chi connectivity index (χ1v) is 10.1. The number of rotatable bonds is 7. The smallest absolute Gasteiger partial charge is 0.123 e. The molecule has 158 valence electrons. The van der Waals surface area contributed by atoms with E-state index in [9.17, 15) is 0 Å². The highest BCUT2D eigenvalue weighted by molar-refractivity contribution is 5.85. The number of hydrogen-bond acceptors (Lipinski definition) is 4. The molecule has 2 heterocycles. The molecule has 0 aliphatic heterocycles. The van der Waals surface area contributed by atoms with Gasteiger partial charge in [0.2, 0.25) is 0 Å². The van der Waals surface area contributed by atoms with Crippen LogP contribution >= 0.6 is 24.8 Å². The van der Waals surface area contributed by atoms with Crippen LogP contribution in [-0.2, 0) is 6.54 Å². The third kappa shape index (κ3) is 6.03. The zero-order valence-electron chi connectivity index (χ0n) is 16.9. The molecule has 1 aliphatic rings. The van der Waals surface area contributed by atoms with Gasteiger partial charge in [0.25, 0.3) is 0 Å². The zero-order chi connectivity index (χ0) is 18.5. The van der Waals surface area contributed by atoms with E-state index in [1.54, 1.807) is 12.7 Å². The van der Waals surface area contributed by atoms with E-state index in [1.165, 1.54) is 32.1 Å². The van der Waals surface area contributed by atoms with Gasteiger partial charge in [-0.3, -0.25) is 14.2 Å². The van der Waals surface area contributed by atoms with Gasteiger partial charge in [-0.05, 0) is 55.5 Å². The van der Waals surface area contributed by atoms with Crippen LogP contribution in [0.15, 0.2) is 42.0 Å². The summed E-state index contributed by atoms with van der Waals surface area (Å²) in [6.45, 7) is 4.17. The van der Waals surface area contributed by atoms with Crippen LogP contribution in [-0.4, -0.2) is 37.3 Å². The fourth-order valence-corrected chi connectivity index (χ4v) is 3.92. The molecule has 0 spiro atoms. The summed E-state index contributed by atoms with van der Waals surface area (Å²) in [7, 11) is 0. The van der Waals surface area contributed by atoms with Crippen molar-refractivity contribution in [3.05, 3.63) is 37.1 Å². The number of nitrogens with zero attached hydrogens (tertiary/aromatic N) is 6. The van der Waals surface area contributed by atoms with Crippen molar-refractivity contribution in [3.8, 4) is 5.69 Å². The molecule has 29 heavy (non-hydrogen) atoms. The van der Waals surface area contributed by atoms with E-state index in [0.717, 1.165) is 42.0 Å². The normalized spacial score (nSPS) is 15.9. The summed E-state index contributed by atoms with van der Waals surface area (Å²) in [6, 6.07) is 6.32. The molecule has 0 bridgehead atoms. The maximum absolute atomic E-state index is 4.70. The number of fused-ring (bicyclic) bond motifs is 1. The minimum atomic E-state index is 0. The lowest BCUT2D eigenvalue weighted by Gasteiger charge is -2.19. The summed E-state index contributed by atoms with van der Waals surface area (Å²) in [6.07, 6.45) is 15.4. The molecule has 6 nitrogen and oxygen atoms in total. The molecule has 3 aromatic rings. The summed E-state index contributed by atoms with van der Waals surface area (Å²) < 4.78 is 4.01. The fraction of sp³-hybridized carbons (Fsp3) is 0.524. The zero-order valence-corrected chi connectivity index (χ0v) is 18.5. The van der Waals surface area contributed by atoms with Crippen LogP contribution in [0.2, 0.25) is 0 Å². The predicted octanol–water partition coefficient (Wildman–Crippen LogP) is 5.14. The van der Waals surface area contributed by atoms with Crippen molar-refractivity contribution in [2.24, 2.45) is 16.8 Å². The van der Waals surface area contributed by atoms with Gasteiger partial charge in [-0.25, -0.2) is 0 Å². The summed E-state index contributed by atoms with van der Waals surface area (Å²) in [4.78, 5) is 4.70. The van der Waals surface area contributed by atoms with Gasteiger partial charge in [-0.2, -0.15) is 5.10 Å². The SMILES string of the molecule is CC(CC=NCC1CCCCC1)Cn1ncc2ccc(-n3cnnc3)cc21.Cl.Cl. The lowest BCUT2D eigenvalue weighted by Crippen LogP contribution is -2.11. The molecule has 0 N–H and O–H groups in total. The molecular weight excluding hydrogens is 407 g/mol. The Balaban J connectivity index is 0.00000150. The fourth-order valence-electron chi connectivity index (χ4n) is 3.92. The van der Waals surface area contributed by atoms with Crippen molar-refractivity contribution < 1.29 is 0 Å². The number of aromatic nitrogens is 5. The largest absolute Gasteiger partial charge is 0.297 e. The number of halogens is 2. The van der Waals surface area contributed by atoms with Gasteiger partial charge in [0.15, 0.2) is 0 Å². The Morgan fingerprint density at radius 2 is 1.90 bits per heavy atom. The second-order valence-electron chi connectivity index (χ2n) is 7.83. The van der Waals surface area contributed by atoms with Crippen LogP contribution in [0.4, 0.5) is 0 Å². The van der Waals surface area contributed by atoms with E-state index in [4.69, 9.17) is 4.99 Å². The third-order valence-electron chi connectivity index (χ3n) is 5.56. The monoisotopic (exact) mass is 436 g/mol. The molecule has 1 saturated carbocycles. The maximum atomic E-state index is 4.70. The number of aliphatic imine (C=N–C) groups is 1.